The molecule has 1 rings (SSSR count). The molecule has 0 bridgehead atoms. The summed E-state index contributed by atoms with van der Waals surface area (Å²) in [5, 5.41) is 0. The van der Waals surface area contributed by atoms with Crippen molar-refractivity contribution in [3.8, 4) is 12.3 Å². The summed E-state index contributed by atoms with van der Waals surface area (Å²) in [4.78, 5) is 15.3. The van der Waals surface area contributed by atoms with E-state index < -0.39 is 0 Å². The number of terminal acetylenes is 1. The second-order valence-electron chi connectivity index (χ2n) is 4.04. The monoisotopic (exact) mass is 232 g/mol. The minimum absolute atomic E-state index is 0.149. The smallest absolute Gasteiger partial charge is 0.219 e. The molecule has 1 amide bonds. The van der Waals surface area contributed by atoms with Gasteiger partial charge in [0, 0.05) is 44.9 Å². The van der Waals surface area contributed by atoms with Crippen LogP contribution in [0.3, 0.4) is 0 Å². The number of hydrogen-bond donors (Lipinski definition) is 0. The summed E-state index contributed by atoms with van der Waals surface area (Å²) >= 11 is 0. The zero-order valence-corrected chi connectivity index (χ0v) is 10.6. The van der Waals surface area contributed by atoms with Gasteiger partial charge in [-0.05, 0) is 12.5 Å². The van der Waals surface area contributed by atoms with E-state index >= 15 is 0 Å². The lowest BCUT2D eigenvalue weighted by Crippen LogP contribution is -2.47. The number of amides is 1. The number of nitrogens with zero attached hydrogens (tertiary/aromatic N) is 2. The van der Waals surface area contributed by atoms with Gasteiger partial charge in [-0.15, -0.1) is 6.42 Å². The first-order valence-corrected chi connectivity index (χ1v) is 6.02. The summed E-state index contributed by atoms with van der Waals surface area (Å²) in [5.41, 5.74) is 1.07. The Bertz CT molecular complexity index is 355. The predicted molar refractivity (Wildman–Crippen MR) is 70.2 cm³/mol. The lowest BCUT2D eigenvalue weighted by atomic mass is 10.2. The van der Waals surface area contributed by atoms with E-state index in [1.807, 2.05) is 4.90 Å². The number of carbonyl (C=O) groups is 1. The number of hydrogen-bond acceptors (Lipinski definition) is 2. The van der Waals surface area contributed by atoms with Crippen LogP contribution in [0.25, 0.3) is 0 Å². The molecule has 0 spiro atoms. The summed E-state index contributed by atoms with van der Waals surface area (Å²) in [6.07, 6.45) is 12.3. The lowest BCUT2D eigenvalue weighted by molar-refractivity contribution is -0.130. The summed E-state index contributed by atoms with van der Waals surface area (Å²) < 4.78 is 0. The van der Waals surface area contributed by atoms with E-state index in [-0.39, 0.29) is 5.91 Å². The Labute approximate surface area is 104 Å². The number of allylic oxidation sites excluding steroid dienone is 3. The number of carbonyl (C=O) groups excluding carboxylic acids is 1. The zero-order chi connectivity index (χ0) is 12.7. The van der Waals surface area contributed by atoms with E-state index in [4.69, 9.17) is 6.42 Å². The van der Waals surface area contributed by atoms with Crippen molar-refractivity contribution in [2.45, 2.75) is 20.3 Å². The van der Waals surface area contributed by atoms with Crippen molar-refractivity contribution in [2.75, 3.05) is 26.2 Å². The van der Waals surface area contributed by atoms with Gasteiger partial charge in [0.05, 0.1) is 0 Å². The van der Waals surface area contributed by atoms with Crippen LogP contribution in [-0.2, 0) is 4.79 Å². The van der Waals surface area contributed by atoms with Crippen molar-refractivity contribution >= 4 is 5.91 Å². The van der Waals surface area contributed by atoms with Gasteiger partial charge in [0.2, 0.25) is 5.91 Å². The van der Waals surface area contributed by atoms with Crippen molar-refractivity contribution in [2.24, 2.45) is 0 Å². The maximum atomic E-state index is 11.2. The van der Waals surface area contributed by atoms with Gasteiger partial charge >= 0.3 is 0 Å². The number of rotatable bonds is 3. The molecule has 3 heteroatoms. The molecule has 17 heavy (non-hydrogen) atoms. The van der Waals surface area contributed by atoms with Gasteiger partial charge in [-0.25, -0.2) is 0 Å². The zero-order valence-electron chi connectivity index (χ0n) is 10.6. The molecule has 0 N–H and O–H groups in total. The minimum Gasteiger partial charge on any atom is -0.367 e. The van der Waals surface area contributed by atoms with Gasteiger partial charge in [0.1, 0.15) is 0 Å². The highest BCUT2D eigenvalue weighted by molar-refractivity contribution is 5.73. The molecule has 0 aromatic heterocycles. The second kappa shape index (κ2) is 6.80. The average Bonchev–Trinajstić information content (AvgIpc) is 2.34. The van der Waals surface area contributed by atoms with E-state index in [1.54, 1.807) is 13.0 Å². The normalized spacial score (nSPS) is 17.4. The third-order valence-electron chi connectivity index (χ3n) is 2.85. The molecule has 92 valence electrons. The molecule has 0 atom stereocenters. The molecule has 3 nitrogen and oxygen atoms in total. The van der Waals surface area contributed by atoms with Gasteiger partial charge in [-0.2, -0.15) is 0 Å². The molecule has 0 saturated carbocycles. The summed E-state index contributed by atoms with van der Waals surface area (Å²) in [7, 11) is 0. The first kappa shape index (κ1) is 13.4. The van der Waals surface area contributed by atoms with E-state index in [9.17, 15) is 4.79 Å². The van der Waals surface area contributed by atoms with Gasteiger partial charge in [-0.3, -0.25) is 4.79 Å². The van der Waals surface area contributed by atoms with Crippen molar-refractivity contribution < 1.29 is 4.79 Å². The molecule has 1 heterocycles. The van der Waals surface area contributed by atoms with E-state index in [0.29, 0.717) is 0 Å². The Balaban J connectivity index is 2.62. The minimum atomic E-state index is 0.149. The van der Waals surface area contributed by atoms with Crippen LogP contribution in [0, 0.1) is 12.3 Å². The van der Waals surface area contributed by atoms with Gasteiger partial charge in [0.15, 0.2) is 0 Å². The summed E-state index contributed by atoms with van der Waals surface area (Å²) in [5.74, 6) is 2.72. The second-order valence-corrected chi connectivity index (χ2v) is 4.04. The molecule has 1 aliphatic heterocycles. The van der Waals surface area contributed by atoms with Crippen LogP contribution < -0.4 is 0 Å². The Morgan fingerprint density at radius 3 is 2.35 bits per heavy atom. The molecule has 0 aromatic rings. The Morgan fingerprint density at radius 1 is 1.29 bits per heavy atom. The highest BCUT2D eigenvalue weighted by atomic mass is 16.2. The van der Waals surface area contributed by atoms with Crippen LogP contribution in [0.15, 0.2) is 23.9 Å². The van der Waals surface area contributed by atoms with Crippen LogP contribution in [0.2, 0.25) is 0 Å². The number of piperazine rings is 1. The Hall–Kier alpha value is -1.69. The van der Waals surface area contributed by atoms with E-state index in [0.717, 1.165) is 38.3 Å². The van der Waals surface area contributed by atoms with E-state index in [2.05, 4.69) is 29.9 Å². The van der Waals surface area contributed by atoms with E-state index in [1.165, 1.54) is 0 Å². The molecule has 1 fully saturated rings. The fourth-order valence-electron chi connectivity index (χ4n) is 1.85. The Kier molecular flexibility index (Phi) is 5.35. The van der Waals surface area contributed by atoms with Gasteiger partial charge in [0.25, 0.3) is 0 Å². The topological polar surface area (TPSA) is 23.6 Å². The highest BCUT2D eigenvalue weighted by Crippen LogP contribution is 2.11. The van der Waals surface area contributed by atoms with Crippen molar-refractivity contribution in [3.63, 3.8) is 0 Å². The third kappa shape index (κ3) is 3.99. The van der Waals surface area contributed by atoms with Crippen molar-refractivity contribution in [3.05, 3.63) is 23.9 Å². The molecule has 0 radical (unpaired) electrons. The van der Waals surface area contributed by atoms with Gasteiger partial charge in [-0.1, -0.05) is 18.9 Å². The largest absolute Gasteiger partial charge is 0.367 e. The first-order valence-electron chi connectivity index (χ1n) is 6.02. The third-order valence-corrected chi connectivity index (χ3v) is 2.85. The molecule has 0 aromatic carbocycles. The molecular weight excluding hydrogens is 212 g/mol. The Morgan fingerprint density at radius 2 is 1.88 bits per heavy atom. The van der Waals surface area contributed by atoms with Crippen LogP contribution in [0.4, 0.5) is 0 Å². The summed E-state index contributed by atoms with van der Waals surface area (Å²) in [6.45, 7) is 6.96. The molecule has 0 aliphatic carbocycles. The highest BCUT2D eigenvalue weighted by Gasteiger charge is 2.18. The molecule has 0 unspecified atom stereocenters. The fourth-order valence-corrected chi connectivity index (χ4v) is 1.85. The average molecular weight is 232 g/mol. The molecular formula is C14H20N2O. The van der Waals surface area contributed by atoms with Gasteiger partial charge < -0.3 is 9.80 Å². The maximum absolute atomic E-state index is 11.2. The maximum Gasteiger partial charge on any atom is 0.219 e. The predicted octanol–water partition coefficient (Wildman–Crippen LogP) is 1.63. The molecule has 1 aliphatic rings. The van der Waals surface area contributed by atoms with Crippen LogP contribution >= 0.6 is 0 Å². The lowest BCUT2D eigenvalue weighted by Gasteiger charge is -2.36. The summed E-state index contributed by atoms with van der Waals surface area (Å²) in [6, 6.07) is 0. The quantitative estimate of drug-likeness (QED) is 0.545. The molecule has 1 saturated heterocycles. The van der Waals surface area contributed by atoms with Crippen LogP contribution in [-0.4, -0.2) is 41.9 Å². The first-order chi connectivity index (χ1) is 8.19. The van der Waals surface area contributed by atoms with Crippen molar-refractivity contribution in [1.29, 1.82) is 0 Å². The van der Waals surface area contributed by atoms with Crippen molar-refractivity contribution in [1.82, 2.24) is 9.80 Å². The van der Waals surface area contributed by atoms with Crippen LogP contribution in [0.5, 0.6) is 0 Å². The standard InChI is InChI=1S/C14H20N2O/c1-4-6-8-14(7-5-2)16-11-9-15(10-12-16)13(3)17/h2,6-8H,4,9-12H2,1,3H3/b8-6-,14-7+. The SMILES string of the molecule is C#C/C=C(\C=C/CC)N1CCN(C(C)=O)CC1. The fraction of sp³-hybridized carbons (Fsp3) is 0.500. The van der Waals surface area contributed by atoms with Crippen LogP contribution in [0.1, 0.15) is 20.3 Å².